The Bertz CT molecular complexity index is 401. The first-order chi connectivity index (χ1) is 7.65. The molecule has 3 nitrogen and oxygen atoms in total. The summed E-state index contributed by atoms with van der Waals surface area (Å²) in [4.78, 5) is 2.29. The maximum atomic E-state index is 11.2. The number of nitrogen functional groups attached to an aromatic ring is 1. The first-order valence-electron chi connectivity index (χ1n) is 5.26. The van der Waals surface area contributed by atoms with Gasteiger partial charge in [-0.15, -0.1) is 0 Å². The van der Waals surface area contributed by atoms with Crippen LogP contribution in [0.2, 0.25) is 5.02 Å². The van der Waals surface area contributed by atoms with E-state index in [1.165, 1.54) is 0 Å². The highest BCUT2D eigenvalue weighted by molar-refractivity contribution is 7.85. The molecule has 0 aromatic heterocycles. The topological polar surface area (TPSA) is 46.3 Å². The average Bonchev–Trinajstić information content (AvgIpc) is 2.27. The summed E-state index contributed by atoms with van der Waals surface area (Å²) in [5, 5.41) is 0.609. The molecule has 2 rings (SSSR count). The van der Waals surface area contributed by atoms with E-state index in [1.807, 2.05) is 18.2 Å². The van der Waals surface area contributed by atoms with E-state index in [0.717, 1.165) is 36.7 Å². The van der Waals surface area contributed by atoms with Crippen LogP contribution < -0.4 is 5.73 Å². The van der Waals surface area contributed by atoms with E-state index >= 15 is 0 Å². The van der Waals surface area contributed by atoms with Gasteiger partial charge in [-0.2, -0.15) is 0 Å². The number of nitrogens with two attached hydrogens (primary N) is 1. The zero-order valence-corrected chi connectivity index (χ0v) is 10.6. The summed E-state index contributed by atoms with van der Waals surface area (Å²) in [6, 6.07) is 5.73. The maximum Gasteiger partial charge on any atom is 0.0638 e. The zero-order chi connectivity index (χ0) is 11.5. The summed E-state index contributed by atoms with van der Waals surface area (Å²) in [7, 11) is -0.615. The summed E-state index contributed by atoms with van der Waals surface area (Å²) in [5.41, 5.74) is 7.43. The van der Waals surface area contributed by atoms with Gasteiger partial charge in [0.05, 0.1) is 10.7 Å². The summed E-state index contributed by atoms with van der Waals surface area (Å²) in [5.74, 6) is 1.56. The summed E-state index contributed by atoms with van der Waals surface area (Å²) >= 11 is 5.96. The lowest BCUT2D eigenvalue weighted by Gasteiger charge is -2.26. The molecular formula is C11H15ClN2OS. The van der Waals surface area contributed by atoms with E-state index in [-0.39, 0.29) is 0 Å². The van der Waals surface area contributed by atoms with Gasteiger partial charge in [0.1, 0.15) is 0 Å². The number of benzene rings is 1. The molecule has 0 unspecified atom stereocenters. The molecular weight excluding hydrogens is 244 g/mol. The van der Waals surface area contributed by atoms with Crippen molar-refractivity contribution >= 4 is 28.1 Å². The van der Waals surface area contributed by atoms with Crippen LogP contribution in [0, 0.1) is 0 Å². The predicted molar refractivity (Wildman–Crippen MR) is 69.0 cm³/mol. The van der Waals surface area contributed by atoms with Crippen LogP contribution >= 0.6 is 11.6 Å². The van der Waals surface area contributed by atoms with Gasteiger partial charge in [-0.3, -0.25) is 9.11 Å². The summed E-state index contributed by atoms with van der Waals surface area (Å²) in [6.45, 7) is 2.65. The lowest BCUT2D eigenvalue weighted by atomic mass is 10.2. The van der Waals surface area contributed by atoms with Crippen molar-refractivity contribution in [2.24, 2.45) is 0 Å². The molecule has 1 aliphatic heterocycles. The van der Waals surface area contributed by atoms with Crippen LogP contribution in [0.15, 0.2) is 18.2 Å². The molecule has 1 aliphatic rings. The van der Waals surface area contributed by atoms with E-state index in [2.05, 4.69) is 4.90 Å². The third kappa shape index (κ3) is 2.97. The molecule has 0 bridgehead atoms. The average molecular weight is 259 g/mol. The SMILES string of the molecule is Nc1ccc(CN2CCS(=O)CC2)cc1Cl. The minimum atomic E-state index is -0.615. The molecule has 16 heavy (non-hydrogen) atoms. The largest absolute Gasteiger partial charge is 0.398 e. The van der Waals surface area contributed by atoms with Gasteiger partial charge >= 0.3 is 0 Å². The Kier molecular flexibility index (Phi) is 3.84. The molecule has 88 valence electrons. The number of nitrogens with zero attached hydrogens (tertiary/aromatic N) is 1. The Labute approximate surface area is 103 Å². The lowest BCUT2D eigenvalue weighted by molar-refractivity contribution is 0.291. The van der Waals surface area contributed by atoms with Crippen LogP contribution in [-0.2, 0) is 17.3 Å². The second-order valence-electron chi connectivity index (χ2n) is 3.98. The fourth-order valence-corrected chi connectivity index (χ4v) is 3.09. The smallest absolute Gasteiger partial charge is 0.0638 e. The fraction of sp³-hybridized carbons (Fsp3) is 0.455. The van der Waals surface area contributed by atoms with Crippen molar-refractivity contribution in [3.05, 3.63) is 28.8 Å². The highest BCUT2D eigenvalue weighted by Crippen LogP contribution is 2.20. The van der Waals surface area contributed by atoms with Gasteiger partial charge in [0.15, 0.2) is 0 Å². The second-order valence-corrected chi connectivity index (χ2v) is 6.08. The Balaban J connectivity index is 1.98. The molecule has 1 aromatic rings. The summed E-state index contributed by atoms with van der Waals surface area (Å²) in [6.07, 6.45) is 0. The maximum absolute atomic E-state index is 11.2. The van der Waals surface area contributed by atoms with Crippen molar-refractivity contribution in [1.29, 1.82) is 0 Å². The number of hydrogen-bond donors (Lipinski definition) is 1. The standard InChI is InChI=1S/C11H15ClN2OS/c12-10-7-9(1-2-11(10)13)8-14-3-5-16(15)6-4-14/h1-2,7H,3-6,8,13H2. The monoisotopic (exact) mass is 258 g/mol. The van der Waals surface area contributed by atoms with Gasteiger partial charge in [0.2, 0.25) is 0 Å². The summed E-state index contributed by atoms with van der Waals surface area (Å²) < 4.78 is 11.2. The van der Waals surface area contributed by atoms with Crippen LogP contribution in [0.4, 0.5) is 5.69 Å². The Morgan fingerprint density at radius 1 is 1.38 bits per heavy atom. The Morgan fingerprint density at radius 2 is 2.06 bits per heavy atom. The van der Waals surface area contributed by atoms with E-state index in [0.29, 0.717) is 10.7 Å². The van der Waals surface area contributed by atoms with Crippen molar-refractivity contribution in [3.63, 3.8) is 0 Å². The number of hydrogen-bond acceptors (Lipinski definition) is 3. The molecule has 0 saturated carbocycles. The second kappa shape index (κ2) is 5.17. The lowest BCUT2D eigenvalue weighted by Crippen LogP contribution is -2.37. The first-order valence-corrected chi connectivity index (χ1v) is 7.13. The van der Waals surface area contributed by atoms with Gasteiger partial charge in [0, 0.05) is 41.9 Å². The number of halogens is 1. The van der Waals surface area contributed by atoms with Crippen molar-refractivity contribution in [3.8, 4) is 0 Å². The van der Waals surface area contributed by atoms with Crippen molar-refractivity contribution in [2.75, 3.05) is 30.3 Å². The van der Waals surface area contributed by atoms with Crippen LogP contribution in [0.3, 0.4) is 0 Å². The van der Waals surface area contributed by atoms with E-state index < -0.39 is 10.8 Å². The zero-order valence-electron chi connectivity index (χ0n) is 8.99. The van der Waals surface area contributed by atoms with Gasteiger partial charge < -0.3 is 5.73 Å². The third-order valence-electron chi connectivity index (χ3n) is 2.74. The molecule has 1 saturated heterocycles. The number of rotatable bonds is 2. The Hall–Kier alpha value is -0.580. The molecule has 5 heteroatoms. The normalized spacial score (nSPS) is 18.8. The minimum Gasteiger partial charge on any atom is -0.398 e. The molecule has 1 aromatic carbocycles. The van der Waals surface area contributed by atoms with Crippen LogP contribution in [0.1, 0.15) is 5.56 Å². The molecule has 1 heterocycles. The highest BCUT2D eigenvalue weighted by Gasteiger charge is 2.15. The first kappa shape index (κ1) is 11.9. The molecule has 1 fully saturated rings. The van der Waals surface area contributed by atoms with Crippen molar-refractivity contribution < 1.29 is 4.21 Å². The van der Waals surface area contributed by atoms with Crippen LogP contribution in [0.5, 0.6) is 0 Å². The highest BCUT2D eigenvalue weighted by atomic mass is 35.5. The molecule has 2 N–H and O–H groups in total. The van der Waals surface area contributed by atoms with Crippen molar-refractivity contribution in [1.82, 2.24) is 4.90 Å². The van der Waals surface area contributed by atoms with Crippen molar-refractivity contribution in [2.45, 2.75) is 6.54 Å². The van der Waals surface area contributed by atoms with E-state index in [4.69, 9.17) is 17.3 Å². The van der Waals surface area contributed by atoms with Gasteiger partial charge in [-0.1, -0.05) is 17.7 Å². The number of anilines is 1. The quantitative estimate of drug-likeness (QED) is 0.818. The minimum absolute atomic E-state index is 0.609. The Morgan fingerprint density at radius 3 is 2.69 bits per heavy atom. The van der Waals surface area contributed by atoms with Gasteiger partial charge in [-0.05, 0) is 17.7 Å². The van der Waals surface area contributed by atoms with E-state index in [9.17, 15) is 4.21 Å². The molecule has 0 atom stereocenters. The third-order valence-corrected chi connectivity index (χ3v) is 4.34. The van der Waals surface area contributed by atoms with Crippen LogP contribution in [0.25, 0.3) is 0 Å². The fourth-order valence-electron chi connectivity index (χ4n) is 1.76. The predicted octanol–water partition coefficient (Wildman–Crippen LogP) is 1.49. The van der Waals surface area contributed by atoms with Gasteiger partial charge in [0.25, 0.3) is 0 Å². The van der Waals surface area contributed by atoms with Crippen LogP contribution in [-0.4, -0.2) is 33.7 Å². The molecule has 0 aliphatic carbocycles. The molecule has 0 radical (unpaired) electrons. The van der Waals surface area contributed by atoms with Gasteiger partial charge in [-0.25, -0.2) is 0 Å². The molecule has 0 spiro atoms. The van der Waals surface area contributed by atoms with E-state index in [1.54, 1.807) is 0 Å². The molecule has 0 amide bonds.